The average Bonchev–Trinajstić information content (AvgIpc) is 2.94. The first-order chi connectivity index (χ1) is 20.3. The Bertz CT molecular complexity index is 1150. The molecule has 0 aliphatic carbocycles. The topological polar surface area (TPSA) is 140 Å². The van der Waals surface area contributed by atoms with Gasteiger partial charge in [-0.25, -0.2) is 0 Å². The number of carbonyl (C=O) groups excluding carboxylic acids is 4. The van der Waals surface area contributed by atoms with Gasteiger partial charge >= 0.3 is 5.97 Å². The van der Waals surface area contributed by atoms with E-state index in [2.05, 4.69) is 16.0 Å². The van der Waals surface area contributed by atoms with Crippen molar-refractivity contribution in [3.63, 3.8) is 0 Å². The lowest BCUT2D eigenvalue weighted by atomic mass is 9.97. The van der Waals surface area contributed by atoms with Crippen LogP contribution in [0.25, 0.3) is 0 Å². The second-order valence-corrected chi connectivity index (χ2v) is 12.5. The van der Waals surface area contributed by atoms with Gasteiger partial charge < -0.3 is 21.1 Å². The molecule has 1 unspecified atom stereocenters. The number of ether oxygens (including phenoxy) is 1. The van der Waals surface area contributed by atoms with Crippen LogP contribution in [0, 0.1) is 17.8 Å². The van der Waals surface area contributed by atoms with Crippen molar-refractivity contribution in [1.29, 1.82) is 0 Å². The molecular formula is C34H50N4O5. The van der Waals surface area contributed by atoms with Crippen molar-refractivity contribution >= 4 is 23.7 Å². The van der Waals surface area contributed by atoms with Crippen molar-refractivity contribution in [3.8, 4) is 0 Å². The van der Waals surface area contributed by atoms with Gasteiger partial charge in [-0.1, -0.05) is 102 Å². The number of hydrogen-bond donors (Lipinski definition) is 4. The van der Waals surface area contributed by atoms with Crippen LogP contribution < -0.4 is 21.7 Å². The number of primary amides is 1. The van der Waals surface area contributed by atoms with E-state index in [4.69, 9.17) is 10.5 Å². The third-order valence-electron chi connectivity index (χ3n) is 6.92. The maximum Gasteiger partial charge on any atom is 0.323 e. The van der Waals surface area contributed by atoms with E-state index < -0.39 is 47.9 Å². The van der Waals surface area contributed by atoms with E-state index in [0.29, 0.717) is 19.3 Å². The van der Waals surface area contributed by atoms with Crippen molar-refractivity contribution in [2.24, 2.45) is 23.5 Å². The van der Waals surface area contributed by atoms with Crippen LogP contribution in [0.1, 0.15) is 71.9 Å². The van der Waals surface area contributed by atoms with Gasteiger partial charge in [-0.15, -0.1) is 0 Å². The molecule has 4 atom stereocenters. The van der Waals surface area contributed by atoms with Crippen molar-refractivity contribution in [1.82, 2.24) is 16.0 Å². The van der Waals surface area contributed by atoms with Crippen LogP contribution in [0.5, 0.6) is 0 Å². The molecule has 0 radical (unpaired) electrons. The van der Waals surface area contributed by atoms with Crippen LogP contribution in [0.2, 0.25) is 0 Å². The summed E-state index contributed by atoms with van der Waals surface area (Å²) in [6, 6.07) is 15.4. The van der Waals surface area contributed by atoms with Gasteiger partial charge in [-0.05, 0) is 48.1 Å². The van der Waals surface area contributed by atoms with E-state index in [1.165, 1.54) is 0 Å². The highest BCUT2D eigenvalue weighted by molar-refractivity contribution is 5.93. The molecule has 2 rings (SSSR count). The first-order valence-electron chi connectivity index (χ1n) is 15.3. The Kier molecular flexibility index (Phi) is 14.9. The van der Waals surface area contributed by atoms with Gasteiger partial charge in [0.2, 0.25) is 17.7 Å². The molecule has 236 valence electrons. The number of esters is 1. The minimum absolute atomic E-state index is 0.0790. The zero-order valence-corrected chi connectivity index (χ0v) is 26.5. The van der Waals surface area contributed by atoms with Crippen LogP contribution in [0.3, 0.4) is 0 Å². The highest BCUT2D eigenvalue weighted by Crippen LogP contribution is 2.14. The van der Waals surface area contributed by atoms with Gasteiger partial charge in [0.05, 0.1) is 6.04 Å². The summed E-state index contributed by atoms with van der Waals surface area (Å²) < 4.78 is 5.62. The van der Waals surface area contributed by atoms with E-state index in [1.54, 1.807) is 0 Å². The normalized spacial score (nSPS) is 14.2. The van der Waals surface area contributed by atoms with E-state index in [0.717, 1.165) is 11.1 Å². The molecule has 9 heteroatoms. The number of rotatable bonds is 18. The lowest BCUT2D eigenvalue weighted by Crippen LogP contribution is -2.58. The molecule has 2 aromatic carbocycles. The Labute approximate surface area is 256 Å². The molecule has 0 saturated heterocycles. The molecule has 0 aliphatic rings. The van der Waals surface area contributed by atoms with E-state index in [9.17, 15) is 19.2 Å². The van der Waals surface area contributed by atoms with Crippen molar-refractivity contribution in [2.45, 2.75) is 98.0 Å². The van der Waals surface area contributed by atoms with Crippen molar-refractivity contribution in [2.75, 3.05) is 0 Å². The highest BCUT2D eigenvalue weighted by Gasteiger charge is 2.32. The Morgan fingerprint density at radius 3 is 1.58 bits per heavy atom. The first kappa shape index (κ1) is 35.5. The summed E-state index contributed by atoms with van der Waals surface area (Å²) in [5.41, 5.74) is 7.36. The molecule has 0 aliphatic heterocycles. The number of carbonyl (C=O) groups is 4. The second-order valence-electron chi connectivity index (χ2n) is 12.5. The molecule has 0 spiro atoms. The van der Waals surface area contributed by atoms with Crippen molar-refractivity contribution < 1.29 is 23.9 Å². The lowest BCUT2D eigenvalue weighted by molar-refractivity contribution is -0.148. The molecule has 0 heterocycles. The molecule has 0 fully saturated rings. The minimum Gasteiger partial charge on any atom is -0.460 e. The molecule has 0 bridgehead atoms. The molecule has 3 amide bonds. The Morgan fingerprint density at radius 1 is 0.628 bits per heavy atom. The van der Waals surface area contributed by atoms with E-state index in [1.807, 2.05) is 102 Å². The summed E-state index contributed by atoms with van der Waals surface area (Å²) in [7, 11) is 0. The third kappa shape index (κ3) is 13.4. The number of amides is 3. The summed E-state index contributed by atoms with van der Waals surface area (Å²) in [4.78, 5) is 52.5. The maximum absolute atomic E-state index is 13.7. The van der Waals surface area contributed by atoms with Gasteiger partial charge in [0.1, 0.15) is 24.7 Å². The van der Waals surface area contributed by atoms with Gasteiger partial charge in [0, 0.05) is 6.42 Å². The Balaban J connectivity index is 2.19. The predicted molar refractivity (Wildman–Crippen MR) is 169 cm³/mol. The largest absolute Gasteiger partial charge is 0.460 e. The average molecular weight is 595 g/mol. The van der Waals surface area contributed by atoms with Crippen LogP contribution in [-0.4, -0.2) is 47.9 Å². The van der Waals surface area contributed by atoms with Crippen LogP contribution in [0.15, 0.2) is 60.7 Å². The number of hydrogen-bond acceptors (Lipinski definition) is 6. The van der Waals surface area contributed by atoms with Crippen LogP contribution >= 0.6 is 0 Å². The van der Waals surface area contributed by atoms with Crippen LogP contribution in [0.4, 0.5) is 0 Å². The smallest absolute Gasteiger partial charge is 0.323 e. The molecule has 43 heavy (non-hydrogen) atoms. The Hall–Kier alpha value is -3.72. The zero-order valence-electron chi connectivity index (χ0n) is 26.5. The number of nitrogens with one attached hydrogen (secondary N) is 3. The van der Waals surface area contributed by atoms with E-state index in [-0.39, 0.29) is 30.8 Å². The molecular weight excluding hydrogens is 544 g/mol. The molecule has 9 nitrogen and oxygen atoms in total. The quantitative estimate of drug-likeness (QED) is 0.193. The fraction of sp³-hybridized carbons (Fsp3) is 0.529. The summed E-state index contributed by atoms with van der Waals surface area (Å²) in [5, 5.41) is 8.90. The molecule has 0 saturated carbocycles. The summed E-state index contributed by atoms with van der Waals surface area (Å²) in [6.45, 7) is 12.0. The molecule has 0 aromatic heterocycles. The number of benzene rings is 2. The summed E-state index contributed by atoms with van der Waals surface area (Å²) >= 11 is 0. The standard InChI is InChI=1S/C34H50N4O5/c1-22(2)17-28(36-30(19-24(5)6)34(42)43-21-26-15-11-8-12-16-26)32(40)38-29(18-23(3)4)33(41)37-27(31(35)39)20-25-13-9-7-10-14-25/h7-16,22-24,27-30,36H,17-21H2,1-6H3,(H2,35,39)(H,37,41)(H,38,40)/t27-,28-,29-,30?/m0/s1. The summed E-state index contributed by atoms with van der Waals surface area (Å²) in [5.74, 6) is -1.58. The molecule has 2 aromatic rings. The van der Waals surface area contributed by atoms with Crippen molar-refractivity contribution in [3.05, 3.63) is 71.8 Å². The fourth-order valence-electron chi connectivity index (χ4n) is 4.82. The monoisotopic (exact) mass is 594 g/mol. The zero-order chi connectivity index (χ0) is 31.9. The predicted octanol–water partition coefficient (Wildman–Crippen LogP) is 3.89. The van der Waals surface area contributed by atoms with E-state index >= 15 is 0 Å². The SMILES string of the molecule is CC(C)CC(N[C@@H](CC(C)C)C(=O)N[C@@H](CC(C)C)C(=O)N[C@@H](Cc1ccccc1)C(N)=O)C(=O)OCc1ccccc1. The van der Waals surface area contributed by atoms with Gasteiger partial charge in [0.15, 0.2) is 0 Å². The minimum atomic E-state index is -0.930. The van der Waals surface area contributed by atoms with Gasteiger partial charge in [0.25, 0.3) is 0 Å². The maximum atomic E-state index is 13.7. The second kappa shape index (κ2) is 18.1. The van der Waals surface area contributed by atoms with Gasteiger partial charge in [-0.3, -0.25) is 24.5 Å². The highest BCUT2D eigenvalue weighted by atomic mass is 16.5. The lowest BCUT2D eigenvalue weighted by Gasteiger charge is -2.29. The number of nitrogens with two attached hydrogens (primary N) is 1. The van der Waals surface area contributed by atoms with Crippen LogP contribution in [-0.2, 0) is 36.9 Å². The fourth-order valence-corrected chi connectivity index (χ4v) is 4.82. The summed E-state index contributed by atoms with van der Waals surface area (Å²) in [6.07, 6.45) is 1.52. The first-order valence-corrected chi connectivity index (χ1v) is 15.3. The third-order valence-corrected chi connectivity index (χ3v) is 6.92. The van der Waals surface area contributed by atoms with Gasteiger partial charge in [-0.2, -0.15) is 0 Å². The molecule has 5 N–H and O–H groups in total. The Morgan fingerprint density at radius 2 is 1.07 bits per heavy atom.